The summed E-state index contributed by atoms with van der Waals surface area (Å²) in [6.07, 6.45) is 1.15. The van der Waals surface area contributed by atoms with E-state index in [0.717, 1.165) is 12.0 Å². The molecule has 2 aromatic rings. The highest BCUT2D eigenvalue weighted by Gasteiger charge is 2.12. The number of aromatic nitrogens is 2. The molecule has 0 radical (unpaired) electrons. The third kappa shape index (κ3) is 4.12. The molecule has 3 N–H and O–H groups in total. The Morgan fingerprint density at radius 2 is 2.11 bits per heavy atom. The van der Waals surface area contributed by atoms with E-state index in [2.05, 4.69) is 19.4 Å². The Labute approximate surface area is 110 Å². The molecule has 7 nitrogen and oxygen atoms in total. The maximum atomic E-state index is 11.9. The lowest BCUT2D eigenvalue weighted by atomic mass is 10.1. The Balaban J connectivity index is 2.00. The van der Waals surface area contributed by atoms with Gasteiger partial charge in [-0.2, -0.15) is 4.98 Å². The van der Waals surface area contributed by atoms with Gasteiger partial charge in [0, 0.05) is 6.54 Å². The van der Waals surface area contributed by atoms with Crippen molar-refractivity contribution in [2.45, 2.75) is 18.8 Å². The molecule has 0 aliphatic rings. The van der Waals surface area contributed by atoms with Crippen LogP contribution < -0.4 is 10.5 Å². The topological polar surface area (TPSA) is 111 Å². The van der Waals surface area contributed by atoms with E-state index in [4.69, 9.17) is 5.73 Å². The lowest BCUT2D eigenvalue weighted by molar-refractivity contribution is 0.409. The van der Waals surface area contributed by atoms with Crippen molar-refractivity contribution >= 4 is 10.0 Å². The normalized spacial score (nSPS) is 11.6. The lowest BCUT2D eigenvalue weighted by Crippen LogP contribution is -2.25. The number of sulfonamides is 1. The number of hydrogen-bond donors (Lipinski definition) is 2. The van der Waals surface area contributed by atoms with Crippen molar-refractivity contribution in [3.05, 3.63) is 47.6 Å². The molecule has 8 heteroatoms. The molecule has 0 saturated carbocycles. The molecule has 102 valence electrons. The quantitative estimate of drug-likeness (QED) is 0.780. The van der Waals surface area contributed by atoms with Crippen molar-refractivity contribution in [3.8, 4) is 0 Å². The van der Waals surface area contributed by atoms with Gasteiger partial charge in [0.25, 0.3) is 0 Å². The van der Waals surface area contributed by atoms with Gasteiger partial charge in [-0.05, 0) is 11.1 Å². The van der Waals surface area contributed by atoms with Gasteiger partial charge in [-0.15, -0.1) is 0 Å². The molecule has 0 aliphatic carbocycles. The summed E-state index contributed by atoms with van der Waals surface area (Å²) in [6.45, 7) is 0.388. The number of nitrogens with one attached hydrogen (secondary N) is 1. The fourth-order valence-corrected chi connectivity index (χ4v) is 2.63. The molecular formula is C11H14N4O3S. The number of nitrogens with zero attached hydrogens (tertiary/aromatic N) is 2. The first-order valence-electron chi connectivity index (χ1n) is 5.59. The highest BCUT2D eigenvalue weighted by molar-refractivity contribution is 7.88. The average Bonchev–Trinajstić information content (AvgIpc) is 2.89. The minimum atomic E-state index is -3.45. The molecule has 0 spiro atoms. The zero-order valence-electron chi connectivity index (χ0n) is 10.1. The predicted molar refractivity (Wildman–Crippen MR) is 68.1 cm³/mol. The van der Waals surface area contributed by atoms with Crippen molar-refractivity contribution in [3.63, 3.8) is 0 Å². The molecule has 0 aliphatic heterocycles. The molecule has 0 amide bonds. The van der Waals surface area contributed by atoms with Crippen LogP contribution in [0.4, 0.5) is 0 Å². The van der Waals surface area contributed by atoms with E-state index in [-0.39, 0.29) is 12.3 Å². The summed E-state index contributed by atoms with van der Waals surface area (Å²) >= 11 is 0. The van der Waals surface area contributed by atoms with Crippen LogP contribution >= 0.6 is 0 Å². The van der Waals surface area contributed by atoms with Gasteiger partial charge >= 0.3 is 0 Å². The maximum absolute atomic E-state index is 11.9. The van der Waals surface area contributed by atoms with Crippen LogP contribution in [-0.4, -0.2) is 18.6 Å². The van der Waals surface area contributed by atoms with Crippen LogP contribution in [0.1, 0.15) is 17.0 Å². The number of hydrogen-bond acceptors (Lipinski definition) is 6. The molecule has 0 unspecified atom stereocenters. The minimum absolute atomic E-state index is 0.00934. The first-order chi connectivity index (χ1) is 9.09. The van der Waals surface area contributed by atoms with E-state index in [0.29, 0.717) is 17.9 Å². The Kier molecular flexibility index (Phi) is 4.25. The number of benzene rings is 1. The molecule has 0 atom stereocenters. The fraction of sp³-hybridized carbons (Fsp3) is 0.273. The van der Waals surface area contributed by atoms with Gasteiger partial charge in [0.1, 0.15) is 0 Å². The van der Waals surface area contributed by atoms with Gasteiger partial charge in [0.15, 0.2) is 5.82 Å². The Hall–Kier alpha value is -1.77. The van der Waals surface area contributed by atoms with Gasteiger partial charge in [-0.25, -0.2) is 13.1 Å². The SMILES string of the molecule is NCc1cccc(CS(=O)(=O)NCc2ncon2)c1. The Bertz CT molecular complexity index is 625. The van der Waals surface area contributed by atoms with Gasteiger partial charge in [0.05, 0.1) is 12.3 Å². The van der Waals surface area contributed by atoms with Crippen molar-refractivity contribution in [2.24, 2.45) is 5.73 Å². The smallest absolute Gasteiger partial charge is 0.216 e. The molecule has 0 fully saturated rings. The molecular weight excluding hydrogens is 268 g/mol. The van der Waals surface area contributed by atoms with Crippen molar-refractivity contribution in [1.82, 2.24) is 14.9 Å². The Morgan fingerprint density at radius 1 is 1.32 bits per heavy atom. The monoisotopic (exact) mass is 282 g/mol. The summed E-state index contributed by atoms with van der Waals surface area (Å²) in [7, 11) is -3.45. The predicted octanol–water partition coefficient (Wildman–Crippen LogP) is 0.148. The van der Waals surface area contributed by atoms with Crippen LogP contribution in [0, 0.1) is 0 Å². The summed E-state index contributed by atoms with van der Waals surface area (Å²) in [4.78, 5) is 3.73. The molecule has 2 rings (SSSR count). The van der Waals surface area contributed by atoms with E-state index in [9.17, 15) is 8.42 Å². The van der Waals surface area contributed by atoms with Gasteiger partial charge in [0.2, 0.25) is 16.4 Å². The van der Waals surface area contributed by atoms with E-state index >= 15 is 0 Å². The zero-order valence-corrected chi connectivity index (χ0v) is 10.9. The molecule has 1 aromatic heterocycles. The molecule has 1 heterocycles. The molecule has 0 saturated heterocycles. The average molecular weight is 282 g/mol. The van der Waals surface area contributed by atoms with E-state index < -0.39 is 10.0 Å². The van der Waals surface area contributed by atoms with Crippen molar-refractivity contribution < 1.29 is 12.9 Å². The maximum Gasteiger partial charge on any atom is 0.216 e. The van der Waals surface area contributed by atoms with Crippen LogP contribution in [0.5, 0.6) is 0 Å². The Morgan fingerprint density at radius 3 is 2.79 bits per heavy atom. The third-order valence-electron chi connectivity index (χ3n) is 2.44. The second-order valence-electron chi connectivity index (χ2n) is 3.95. The highest BCUT2D eigenvalue weighted by atomic mass is 32.2. The van der Waals surface area contributed by atoms with Gasteiger partial charge < -0.3 is 10.3 Å². The van der Waals surface area contributed by atoms with E-state index in [1.54, 1.807) is 18.2 Å². The van der Waals surface area contributed by atoms with Gasteiger partial charge in [-0.1, -0.05) is 29.4 Å². The third-order valence-corrected chi connectivity index (χ3v) is 3.74. The molecule has 19 heavy (non-hydrogen) atoms. The largest absolute Gasteiger partial charge is 0.343 e. The van der Waals surface area contributed by atoms with E-state index in [1.165, 1.54) is 0 Å². The van der Waals surface area contributed by atoms with E-state index in [1.807, 2.05) is 6.07 Å². The van der Waals surface area contributed by atoms with Crippen molar-refractivity contribution in [1.29, 1.82) is 0 Å². The van der Waals surface area contributed by atoms with Crippen LogP contribution in [0.25, 0.3) is 0 Å². The first kappa shape index (κ1) is 13.7. The van der Waals surface area contributed by atoms with Crippen LogP contribution in [0.3, 0.4) is 0 Å². The number of rotatable bonds is 6. The summed E-state index contributed by atoms with van der Waals surface area (Å²) in [5, 5.41) is 3.52. The standard InChI is InChI=1S/C11H14N4O3S/c12-5-9-2-1-3-10(4-9)7-19(16,17)14-6-11-13-8-18-15-11/h1-4,8,14H,5-7,12H2. The number of nitrogens with two attached hydrogens (primary N) is 1. The second kappa shape index (κ2) is 5.91. The summed E-state index contributed by atoms with van der Waals surface area (Å²) < 4.78 is 30.7. The molecule has 1 aromatic carbocycles. The van der Waals surface area contributed by atoms with Gasteiger partial charge in [-0.3, -0.25) is 0 Å². The summed E-state index contributed by atoms with van der Waals surface area (Å²) in [5.41, 5.74) is 7.09. The van der Waals surface area contributed by atoms with Crippen LogP contribution in [0.15, 0.2) is 35.2 Å². The second-order valence-corrected chi connectivity index (χ2v) is 5.76. The summed E-state index contributed by atoms with van der Waals surface area (Å²) in [5.74, 6) is 0.179. The molecule has 0 bridgehead atoms. The highest BCUT2D eigenvalue weighted by Crippen LogP contribution is 2.08. The zero-order chi connectivity index (χ0) is 13.7. The lowest BCUT2D eigenvalue weighted by Gasteiger charge is -2.06. The summed E-state index contributed by atoms with van der Waals surface area (Å²) in [6, 6.07) is 7.15. The van der Waals surface area contributed by atoms with Crippen LogP contribution in [0.2, 0.25) is 0 Å². The first-order valence-corrected chi connectivity index (χ1v) is 7.25. The fourth-order valence-electron chi connectivity index (χ4n) is 1.56. The van der Waals surface area contributed by atoms with Crippen molar-refractivity contribution in [2.75, 3.05) is 0 Å². The minimum Gasteiger partial charge on any atom is -0.343 e. The van der Waals surface area contributed by atoms with Crippen LogP contribution in [-0.2, 0) is 28.9 Å².